The van der Waals surface area contributed by atoms with Crippen molar-refractivity contribution < 1.29 is 34.1 Å². The maximum Gasteiger partial charge on any atom is 0.326 e. The number of aromatic amines is 1. The van der Waals surface area contributed by atoms with Gasteiger partial charge in [0.15, 0.2) is 0 Å². The van der Waals surface area contributed by atoms with Crippen LogP contribution >= 0.6 is 12.6 Å². The summed E-state index contributed by atoms with van der Waals surface area (Å²) in [6.07, 6.45) is 1.09. The molecule has 0 aliphatic heterocycles. The first-order chi connectivity index (χ1) is 20.2. The zero-order valence-corrected chi connectivity index (χ0v) is 23.4. The van der Waals surface area contributed by atoms with Gasteiger partial charge in [-0.2, -0.15) is 12.6 Å². The van der Waals surface area contributed by atoms with Crippen LogP contribution in [0.1, 0.15) is 23.1 Å². The van der Waals surface area contributed by atoms with Gasteiger partial charge in [-0.25, -0.2) is 4.79 Å². The topological polar surface area (TPSA) is 158 Å². The summed E-state index contributed by atoms with van der Waals surface area (Å²) in [5.41, 5.74) is 3.29. The Morgan fingerprint density at radius 2 is 1.45 bits per heavy atom. The van der Waals surface area contributed by atoms with E-state index >= 15 is 0 Å². The molecule has 5 N–H and O–H groups in total. The lowest BCUT2D eigenvalue weighted by atomic mass is 10.0. The first kappa shape index (κ1) is 30.2. The molecule has 218 valence electrons. The molecule has 4 aromatic rings. The summed E-state index contributed by atoms with van der Waals surface area (Å²) in [7, 11) is 0. The van der Waals surface area contributed by atoms with E-state index in [1.54, 1.807) is 30.5 Å². The summed E-state index contributed by atoms with van der Waals surface area (Å²) in [6, 6.07) is 21.3. The number of para-hydroxylation sites is 1. The number of rotatable bonds is 14. The largest absolute Gasteiger partial charge is 0.489 e. The number of aliphatic carboxylic acids is 2. The van der Waals surface area contributed by atoms with Gasteiger partial charge >= 0.3 is 11.9 Å². The SMILES string of the molecule is O=C(O)CC(NC(=O)[C@@H](S)Cc1ccc(OCc2ccccc2)cc1)C(=O)N[C@@H](Cc1c[nH]c2ccccc12)C(=O)O. The molecule has 0 aliphatic rings. The second kappa shape index (κ2) is 14.2. The van der Waals surface area contributed by atoms with E-state index in [9.17, 15) is 29.4 Å². The fraction of sp³-hybridized carbons (Fsp3) is 0.226. The Morgan fingerprint density at radius 3 is 2.14 bits per heavy atom. The lowest BCUT2D eigenvalue weighted by Crippen LogP contribution is -2.54. The third-order valence-electron chi connectivity index (χ3n) is 6.63. The Labute approximate surface area is 247 Å². The lowest BCUT2D eigenvalue weighted by molar-refractivity contribution is -0.143. The van der Waals surface area contributed by atoms with Crippen molar-refractivity contribution in [3.8, 4) is 5.75 Å². The van der Waals surface area contributed by atoms with Crippen molar-refractivity contribution in [3.05, 3.63) is 102 Å². The smallest absolute Gasteiger partial charge is 0.326 e. The minimum absolute atomic E-state index is 0.0426. The van der Waals surface area contributed by atoms with Crippen molar-refractivity contribution in [1.82, 2.24) is 15.6 Å². The first-order valence-electron chi connectivity index (χ1n) is 13.2. The van der Waals surface area contributed by atoms with Crippen LogP contribution < -0.4 is 15.4 Å². The third kappa shape index (κ3) is 8.37. The van der Waals surface area contributed by atoms with Crippen LogP contribution in [0, 0.1) is 0 Å². The predicted molar refractivity (Wildman–Crippen MR) is 159 cm³/mol. The van der Waals surface area contributed by atoms with Crippen LogP contribution in [0.2, 0.25) is 0 Å². The van der Waals surface area contributed by atoms with Crippen LogP contribution in [-0.4, -0.2) is 56.3 Å². The van der Waals surface area contributed by atoms with E-state index in [0.29, 0.717) is 17.9 Å². The molecule has 0 radical (unpaired) electrons. The monoisotopic (exact) mass is 589 g/mol. The number of fused-ring (bicyclic) bond motifs is 1. The van der Waals surface area contributed by atoms with E-state index in [2.05, 4.69) is 28.2 Å². The number of H-pyrrole nitrogens is 1. The number of hydrogen-bond donors (Lipinski definition) is 6. The molecule has 4 rings (SSSR count). The third-order valence-corrected chi connectivity index (χ3v) is 7.05. The molecule has 1 heterocycles. The van der Waals surface area contributed by atoms with Crippen LogP contribution in [0.15, 0.2) is 85.1 Å². The molecule has 0 bridgehead atoms. The molecule has 3 atom stereocenters. The molecule has 0 aliphatic carbocycles. The normalized spacial score (nSPS) is 13.1. The van der Waals surface area contributed by atoms with E-state index in [1.165, 1.54) is 0 Å². The molecule has 0 fully saturated rings. The second-order valence-corrected chi connectivity index (χ2v) is 10.4. The molecule has 0 saturated carbocycles. The van der Waals surface area contributed by atoms with Gasteiger partial charge in [-0.05, 0) is 41.3 Å². The lowest BCUT2D eigenvalue weighted by Gasteiger charge is -2.22. The zero-order valence-electron chi connectivity index (χ0n) is 22.5. The number of carboxylic acid groups (broad SMARTS) is 2. The average Bonchev–Trinajstić information content (AvgIpc) is 3.39. The summed E-state index contributed by atoms with van der Waals surface area (Å²) in [4.78, 5) is 52.4. The predicted octanol–water partition coefficient (Wildman–Crippen LogP) is 3.36. The van der Waals surface area contributed by atoms with Gasteiger partial charge in [0, 0.05) is 23.5 Å². The molecule has 0 spiro atoms. The maximum absolute atomic E-state index is 13.0. The van der Waals surface area contributed by atoms with Gasteiger partial charge in [0.25, 0.3) is 0 Å². The molecule has 2 amide bonds. The highest BCUT2D eigenvalue weighted by molar-refractivity contribution is 7.81. The van der Waals surface area contributed by atoms with Gasteiger partial charge < -0.3 is 30.6 Å². The van der Waals surface area contributed by atoms with Crippen molar-refractivity contribution in [3.63, 3.8) is 0 Å². The first-order valence-corrected chi connectivity index (χ1v) is 13.8. The van der Waals surface area contributed by atoms with Gasteiger partial charge in [-0.3, -0.25) is 14.4 Å². The molecule has 11 heteroatoms. The highest BCUT2D eigenvalue weighted by Crippen LogP contribution is 2.20. The summed E-state index contributed by atoms with van der Waals surface area (Å²) < 4.78 is 5.78. The standard InChI is InChI=1S/C31H31N3O7S/c35-28(36)16-25(29(37)34-26(31(39)40)15-21-17-32-24-9-5-4-8-23(21)24)33-30(38)27(42)14-19-10-12-22(13-11-19)41-18-20-6-2-1-3-7-20/h1-13,17,25-27,32,42H,14-16,18H2,(H,33,38)(H,34,37)(H,35,36)(H,39,40)/t25?,26-,27-/m0/s1. The Balaban J connectivity index is 1.35. The number of hydrogen-bond acceptors (Lipinski definition) is 6. The zero-order chi connectivity index (χ0) is 30.1. The van der Waals surface area contributed by atoms with E-state index in [-0.39, 0.29) is 12.8 Å². The molecule has 1 aromatic heterocycles. The summed E-state index contributed by atoms with van der Waals surface area (Å²) in [6.45, 7) is 0.412. The number of amides is 2. The van der Waals surface area contributed by atoms with Gasteiger partial charge in [0.05, 0.1) is 11.7 Å². The second-order valence-electron chi connectivity index (χ2n) is 9.76. The Morgan fingerprint density at radius 1 is 0.786 bits per heavy atom. The van der Waals surface area contributed by atoms with E-state index < -0.39 is 47.5 Å². The minimum Gasteiger partial charge on any atom is -0.489 e. The number of ether oxygens (including phenoxy) is 1. The van der Waals surface area contributed by atoms with Crippen LogP contribution in [0.4, 0.5) is 0 Å². The molecule has 1 unspecified atom stereocenters. The fourth-order valence-corrected chi connectivity index (χ4v) is 4.71. The quantitative estimate of drug-likeness (QED) is 0.123. The average molecular weight is 590 g/mol. The molecule has 10 nitrogen and oxygen atoms in total. The molecule has 0 saturated heterocycles. The van der Waals surface area contributed by atoms with E-state index in [1.807, 2.05) is 54.6 Å². The van der Waals surface area contributed by atoms with Gasteiger partial charge in [0.2, 0.25) is 11.8 Å². The van der Waals surface area contributed by atoms with Crippen molar-refractivity contribution in [2.24, 2.45) is 0 Å². The summed E-state index contributed by atoms with van der Waals surface area (Å²) in [5, 5.41) is 23.8. The highest BCUT2D eigenvalue weighted by Gasteiger charge is 2.30. The maximum atomic E-state index is 13.0. The Bertz CT molecular complexity index is 1540. The molecule has 3 aromatic carbocycles. The number of thiol groups is 1. The Hall–Kier alpha value is -4.77. The van der Waals surface area contributed by atoms with Crippen LogP contribution in [-0.2, 0) is 38.6 Å². The van der Waals surface area contributed by atoms with Crippen LogP contribution in [0.25, 0.3) is 10.9 Å². The van der Waals surface area contributed by atoms with Crippen molar-refractivity contribution >= 4 is 47.3 Å². The van der Waals surface area contributed by atoms with Crippen LogP contribution in [0.5, 0.6) is 5.75 Å². The van der Waals surface area contributed by atoms with Crippen molar-refractivity contribution in [1.29, 1.82) is 0 Å². The number of carboxylic acids is 2. The molecular formula is C31H31N3O7S. The number of benzene rings is 3. The number of aromatic nitrogens is 1. The molecular weight excluding hydrogens is 558 g/mol. The minimum atomic E-state index is -1.50. The molecule has 42 heavy (non-hydrogen) atoms. The van der Waals surface area contributed by atoms with Crippen molar-refractivity contribution in [2.45, 2.75) is 43.2 Å². The fourth-order valence-electron chi connectivity index (χ4n) is 4.42. The number of carbonyl (C=O) groups is 4. The van der Waals surface area contributed by atoms with Crippen LogP contribution in [0.3, 0.4) is 0 Å². The highest BCUT2D eigenvalue weighted by atomic mass is 32.1. The van der Waals surface area contributed by atoms with E-state index in [4.69, 9.17) is 4.74 Å². The van der Waals surface area contributed by atoms with Gasteiger partial charge in [-0.1, -0.05) is 60.7 Å². The van der Waals surface area contributed by atoms with Gasteiger partial charge in [0.1, 0.15) is 24.4 Å². The Kier molecular flexibility index (Phi) is 10.2. The summed E-state index contributed by atoms with van der Waals surface area (Å²) >= 11 is 4.36. The van der Waals surface area contributed by atoms with E-state index in [0.717, 1.165) is 22.0 Å². The van der Waals surface area contributed by atoms with Crippen molar-refractivity contribution in [2.75, 3.05) is 0 Å². The van der Waals surface area contributed by atoms with Gasteiger partial charge in [-0.15, -0.1) is 0 Å². The number of carbonyl (C=O) groups excluding carboxylic acids is 2. The summed E-state index contributed by atoms with van der Waals surface area (Å²) in [5.74, 6) is -3.55. The number of nitrogens with one attached hydrogen (secondary N) is 3.